The number of rotatable bonds is 9. The minimum atomic E-state index is -4.76. The number of likely N-dealkylation sites (tertiary alicyclic amines) is 1. The van der Waals surface area contributed by atoms with E-state index >= 15 is 0 Å². The molecule has 0 bridgehead atoms. The summed E-state index contributed by atoms with van der Waals surface area (Å²) >= 11 is 0. The molecule has 184 valence electrons. The molecule has 0 spiro atoms. The van der Waals surface area contributed by atoms with Crippen molar-refractivity contribution in [2.45, 2.75) is 37.9 Å². The van der Waals surface area contributed by atoms with Crippen LogP contribution in [0.5, 0.6) is 17.5 Å². The maximum absolute atomic E-state index is 12.3. The van der Waals surface area contributed by atoms with Crippen molar-refractivity contribution in [1.29, 1.82) is 0 Å². The van der Waals surface area contributed by atoms with Gasteiger partial charge in [0.15, 0.2) is 0 Å². The molecule has 1 aromatic heterocycles. The standard InChI is InChI=1S/C20H22F3N5O6/c21-20(22,23)34-14-3-1-13(2-4-14)33-15-8-26(9-15)16(5-6-17(24)29)12-7-27-10-18(28(30)31)25-19(27)32-11-12/h1-4,10,12,15-16H,5-9,11H2,(H2,24,29)/t12-,16?/m1/s1. The number of nitro groups is 1. The number of benzene rings is 1. The van der Waals surface area contributed by atoms with Crippen LogP contribution >= 0.6 is 0 Å². The number of carbonyl (C=O) groups is 1. The van der Waals surface area contributed by atoms with Crippen molar-refractivity contribution in [2.75, 3.05) is 19.7 Å². The van der Waals surface area contributed by atoms with Gasteiger partial charge in [-0.3, -0.25) is 14.3 Å². The summed E-state index contributed by atoms with van der Waals surface area (Å²) in [5.74, 6) is -0.730. The molecule has 2 aliphatic rings. The molecule has 3 heterocycles. The number of nitrogens with two attached hydrogens (primary N) is 1. The van der Waals surface area contributed by atoms with Crippen molar-refractivity contribution in [3.63, 3.8) is 0 Å². The molecule has 1 fully saturated rings. The molecule has 2 atom stereocenters. The molecule has 2 aliphatic heterocycles. The van der Waals surface area contributed by atoms with E-state index in [1.54, 1.807) is 4.57 Å². The van der Waals surface area contributed by atoms with E-state index in [2.05, 4.69) is 14.6 Å². The van der Waals surface area contributed by atoms with Crippen LogP contribution in [0.3, 0.4) is 0 Å². The lowest BCUT2D eigenvalue weighted by Crippen LogP contribution is -2.60. The van der Waals surface area contributed by atoms with Gasteiger partial charge in [0.25, 0.3) is 0 Å². The first-order valence-electron chi connectivity index (χ1n) is 10.5. The predicted molar refractivity (Wildman–Crippen MR) is 109 cm³/mol. The number of aromatic nitrogens is 2. The number of halogens is 3. The van der Waals surface area contributed by atoms with Gasteiger partial charge in [-0.05, 0) is 35.6 Å². The Balaban J connectivity index is 1.35. The van der Waals surface area contributed by atoms with Crippen molar-refractivity contribution < 1.29 is 37.1 Å². The average molecular weight is 485 g/mol. The van der Waals surface area contributed by atoms with Crippen LogP contribution in [-0.2, 0) is 11.3 Å². The molecule has 11 nitrogen and oxygen atoms in total. The minimum absolute atomic E-state index is 0.0691. The lowest BCUT2D eigenvalue weighted by Gasteiger charge is -2.47. The molecule has 0 saturated carbocycles. The normalized spacial score (nSPS) is 19.4. The summed E-state index contributed by atoms with van der Waals surface area (Å²) in [5.41, 5.74) is 5.34. The Kier molecular flexibility index (Phi) is 6.50. The van der Waals surface area contributed by atoms with Gasteiger partial charge in [-0.2, -0.15) is 0 Å². The van der Waals surface area contributed by atoms with Gasteiger partial charge in [-0.25, -0.2) is 0 Å². The zero-order valence-corrected chi connectivity index (χ0v) is 17.8. The van der Waals surface area contributed by atoms with Gasteiger partial charge in [0.05, 0.1) is 6.61 Å². The second-order valence-corrected chi connectivity index (χ2v) is 8.15. The number of ether oxygens (including phenoxy) is 3. The molecule has 4 rings (SSSR count). The number of hydrogen-bond donors (Lipinski definition) is 1. The molecule has 1 aromatic carbocycles. The fourth-order valence-corrected chi connectivity index (χ4v) is 4.17. The first-order chi connectivity index (χ1) is 16.1. The van der Waals surface area contributed by atoms with Crippen LogP contribution < -0.4 is 19.9 Å². The molecular weight excluding hydrogens is 463 g/mol. The molecule has 2 aromatic rings. The Morgan fingerprint density at radius 3 is 2.56 bits per heavy atom. The highest BCUT2D eigenvalue weighted by atomic mass is 19.4. The zero-order chi connectivity index (χ0) is 24.5. The number of hydrogen-bond acceptors (Lipinski definition) is 8. The minimum Gasteiger partial charge on any atom is -0.488 e. The van der Waals surface area contributed by atoms with E-state index in [1.165, 1.54) is 30.5 Å². The summed E-state index contributed by atoms with van der Waals surface area (Å²) in [5, 5.41) is 11.0. The topological polar surface area (TPSA) is 135 Å². The molecule has 0 aliphatic carbocycles. The third-order valence-corrected chi connectivity index (χ3v) is 5.71. The highest BCUT2D eigenvalue weighted by Crippen LogP contribution is 2.32. The van der Waals surface area contributed by atoms with E-state index in [9.17, 15) is 28.1 Å². The summed E-state index contributed by atoms with van der Waals surface area (Å²) in [7, 11) is 0. The van der Waals surface area contributed by atoms with Crippen molar-refractivity contribution >= 4 is 11.7 Å². The molecule has 0 radical (unpaired) electrons. The number of primary amides is 1. The fraction of sp³-hybridized carbons (Fsp3) is 0.500. The Labute approximate surface area is 191 Å². The molecule has 14 heteroatoms. The Morgan fingerprint density at radius 2 is 1.94 bits per heavy atom. The number of carbonyl (C=O) groups excluding carboxylic acids is 1. The predicted octanol–water partition coefficient (Wildman–Crippen LogP) is 2.10. The van der Waals surface area contributed by atoms with Crippen LogP contribution in [0, 0.1) is 16.0 Å². The smallest absolute Gasteiger partial charge is 0.488 e. The van der Waals surface area contributed by atoms with Crippen molar-refractivity contribution in [3.05, 3.63) is 40.6 Å². The third kappa shape index (κ3) is 5.68. The second kappa shape index (κ2) is 9.37. The number of amides is 1. The maximum atomic E-state index is 12.3. The summed E-state index contributed by atoms with van der Waals surface area (Å²) in [6.45, 7) is 1.76. The molecule has 34 heavy (non-hydrogen) atoms. The Morgan fingerprint density at radius 1 is 1.26 bits per heavy atom. The molecule has 1 amide bonds. The van der Waals surface area contributed by atoms with E-state index in [-0.39, 0.29) is 48.7 Å². The second-order valence-electron chi connectivity index (χ2n) is 8.15. The maximum Gasteiger partial charge on any atom is 0.573 e. The highest BCUT2D eigenvalue weighted by Gasteiger charge is 2.40. The highest BCUT2D eigenvalue weighted by molar-refractivity contribution is 5.73. The van der Waals surface area contributed by atoms with Crippen LogP contribution in [0.25, 0.3) is 0 Å². The van der Waals surface area contributed by atoms with E-state index in [4.69, 9.17) is 15.2 Å². The van der Waals surface area contributed by atoms with Gasteiger partial charge < -0.3 is 30.1 Å². The van der Waals surface area contributed by atoms with Gasteiger partial charge in [0.2, 0.25) is 5.91 Å². The van der Waals surface area contributed by atoms with Crippen LogP contribution in [0.1, 0.15) is 12.8 Å². The molecular formula is C20H22F3N5O6. The van der Waals surface area contributed by atoms with Crippen LogP contribution in [-0.4, -0.2) is 63.5 Å². The summed E-state index contributed by atoms with van der Waals surface area (Å²) in [4.78, 5) is 27.7. The Hall–Kier alpha value is -3.55. The van der Waals surface area contributed by atoms with Crippen molar-refractivity contribution in [2.24, 2.45) is 11.7 Å². The van der Waals surface area contributed by atoms with Crippen LogP contribution in [0.2, 0.25) is 0 Å². The zero-order valence-electron chi connectivity index (χ0n) is 17.8. The van der Waals surface area contributed by atoms with E-state index < -0.39 is 17.2 Å². The van der Waals surface area contributed by atoms with Crippen molar-refractivity contribution in [3.8, 4) is 17.5 Å². The quantitative estimate of drug-likeness (QED) is 0.421. The number of imidazole rings is 1. The third-order valence-electron chi connectivity index (χ3n) is 5.71. The van der Waals surface area contributed by atoms with Gasteiger partial charge in [-0.1, -0.05) is 0 Å². The van der Waals surface area contributed by atoms with E-state index in [0.29, 0.717) is 31.8 Å². The monoisotopic (exact) mass is 485 g/mol. The SMILES string of the molecule is NC(=O)CCC([C@H]1COc2nc([N+](=O)[O-])cn2C1)N1CC(Oc2ccc(OC(F)(F)F)cc2)C1. The summed E-state index contributed by atoms with van der Waals surface area (Å²) in [6.07, 6.45) is -2.99. The first-order valence-corrected chi connectivity index (χ1v) is 10.5. The number of alkyl halides is 3. The number of nitrogens with zero attached hydrogens (tertiary/aromatic N) is 4. The van der Waals surface area contributed by atoms with Crippen molar-refractivity contribution in [1.82, 2.24) is 14.5 Å². The van der Waals surface area contributed by atoms with Gasteiger partial charge >= 0.3 is 18.2 Å². The van der Waals surface area contributed by atoms with Crippen LogP contribution in [0.4, 0.5) is 19.0 Å². The lowest BCUT2D eigenvalue weighted by atomic mass is 9.90. The average Bonchev–Trinajstić information content (AvgIpc) is 3.15. The summed E-state index contributed by atoms with van der Waals surface area (Å²) < 4.78 is 53.7. The lowest BCUT2D eigenvalue weighted by molar-refractivity contribution is -0.389. The number of fused-ring (bicyclic) bond motifs is 1. The Bertz CT molecular complexity index is 1040. The van der Waals surface area contributed by atoms with Gasteiger partial charge in [0, 0.05) is 43.0 Å². The van der Waals surface area contributed by atoms with E-state index in [0.717, 1.165) is 0 Å². The molecule has 2 N–H and O–H groups in total. The van der Waals surface area contributed by atoms with E-state index in [1.807, 2.05) is 0 Å². The molecule has 1 unspecified atom stereocenters. The first kappa shape index (κ1) is 23.6. The van der Waals surface area contributed by atoms with Crippen LogP contribution in [0.15, 0.2) is 30.5 Å². The molecule has 1 saturated heterocycles. The summed E-state index contributed by atoms with van der Waals surface area (Å²) in [6, 6.07) is 5.24. The largest absolute Gasteiger partial charge is 0.573 e. The fourth-order valence-electron chi connectivity index (χ4n) is 4.17. The van der Waals surface area contributed by atoms with Gasteiger partial charge in [-0.15, -0.1) is 13.2 Å². The van der Waals surface area contributed by atoms with Gasteiger partial charge in [0.1, 0.15) is 23.8 Å².